The van der Waals surface area contributed by atoms with Gasteiger partial charge < -0.3 is 44.1 Å². The van der Waals surface area contributed by atoms with Crippen LogP contribution in [0.5, 0.6) is 0 Å². The summed E-state index contributed by atoms with van der Waals surface area (Å²) in [6.45, 7) is 12.5. The molecule has 0 radical (unpaired) electrons. The first-order valence-electron chi connectivity index (χ1n) is 7.15. The molecule has 9 nitrogen and oxygen atoms in total. The Kier molecular flexibility index (Phi) is 14.0. The van der Waals surface area contributed by atoms with Crippen LogP contribution in [0.15, 0.2) is 15.0 Å². The van der Waals surface area contributed by atoms with E-state index in [1.807, 2.05) is 20.8 Å². The zero-order valence-corrected chi connectivity index (χ0v) is 19.7. The van der Waals surface area contributed by atoms with E-state index < -0.39 is 0 Å². The number of amidine groups is 1. The molecule has 0 heterocycles. The van der Waals surface area contributed by atoms with Gasteiger partial charge in [0.1, 0.15) is 5.96 Å². The first-order valence-corrected chi connectivity index (χ1v) is 7.15. The van der Waals surface area contributed by atoms with Gasteiger partial charge in [-0.3, -0.25) is 4.99 Å². The fourth-order valence-corrected chi connectivity index (χ4v) is 0.953. The van der Waals surface area contributed by atoms with Crippen LogP contribution in [-0.2, 0) is 0 Å². The number of nitrogens with two attached hydrogens (primary N) is 3. The zero-order valence-electron chi connectivity index (χ0n) is 15.5. The first-order chi connectivity index (χ1) is 10.1. The Balaban J connectivity index is -0.000000364. The molecular weight excluding hydrogens is 532 g/mol. The summed E-state index contributed by atoms with van der Waals surface area (Å²) < 4.78 is 0. The summed E-state index contributed by atoms with van der Waals surface area (Å²) in [7, 11) is 0. The van der Waals surface area contributed by atoms with Crippen molar-refractivity contribution in [2.75, 3.05) is 6.54 Å². The number of hydrogen-bond acceptors (Lipinski definition) is 2. The van der Waals surface area contributed by atoms with Gasteiger partial charge in [0.05, 0.1) is 5.84 Å². The molecule has 0 spiro atoms. The monoisotopic (exact) mass is 563 g/mol. The second kappa shape index (κ2) is 12.1. The van der Waals surface area contributed by atoms with E-state index in [0.29, 0.717) is 6.54 Å². The van der Waals surface area contributed by atoms with Crippen LogP contribution in [0.2, 0.25) is 0 Å². The van der Waals surface area contributed by atoms with Crippen LogP contribution in [0.1, 0.15) is 48.0 Å². The molecule has 24 heavy (non-hydrogen) atoms. The van der Waals surface area contributed by atoms with Crippen LogP contribution >= 0.6 is 0 Å². The molecule has 0 atom stereocenters. The maximum absolute atomic E-state index is 7.28. The largest absolute Gasteiger partial charge is 2.00 e. The molecule has 10 heteroatoms. The molecule has 136 valence electrons. The molecule has 0 aromatic heterocycles. The molecule has 0 fully saturated rings. The van der Waals surface area contributed by atoms with Crippen LogP contribution < -0.4 is 17.2 Å². The van der Waals surface area contributed by atoms with Gasteiger partial charge in [0, 0.05) is 23.9 Å². The smallest absolute Gasteiger partial charge is 0.454 e. The standard InChI is InChI=1S/C8H18N5.C6H13N4.U/c1-8(2,3)4-5-12-7(11)13-6(9)10;1-6(2,3)4(7)10-5(8)9;/h4-5H2,1-3H3,(H5-,9,10,11,12,13);1-3H3,(H4-,7,8,9,10);/q2*-1;+2. The molecular formula is C14H31N9U. The number of guanidine groups is 3. The topological polar surface area (TPSA) is 187 Å². The minimum Gasteiger partial charge on any atom is -0.454 e. The third kappa shape index (κ3) is 20.7. The van der Waals surface area contributed by atoms with Gasteiger partial charge in [0.2, 0.25) is 0 Å². The van der Waals surface area contributed by atoms with Crippen molar-refractivity contribution in [1.29, 1.82) is 5.41 Å². The van der Waals surface area contributed by atoms with Crippen LogP contribution in [0, 0.1) is 47.4 Å². The van der Waals surface area contributed by atoms with Gasteiger partial charge in [0.15, 0.2) is 0 Å². The van der Waals surface area contributed by atoms with Gasteiger partial charge in [0.25, 0.3) is 0 Å². The molecule has 0 aliphatic carbocycles. The van der Waals surface area contributed by atoms with Crippen molar-refractivity contribution in [3.8, 4) is 0 Å². The fourth-order valence-electron chi connectivity index (χ4n) is 0.953. The van der Waals surface area contributed by atoms with E-state index in [4.69, 9.17) is 34.1 Å². The number of aliphatic imine (C=N–C) groups is 3. The Bertz CT molecular complexity index is 460. The first kappa shape index (κ1) is 27.6. The Morgan fingerprint density at radius 2 is 1.33 bits per heavy atom. The van der Waals surface area contributed by atoms with E-state index in [2.05, 4.69) is 35.7 Å². The molecule has 0 amide bonds. The second-order valence-corrected chi connectivity index (χ2v) is 7.14. The molecule has 0 saturated heterocycles. The summed E-state index contributed by atoms with van der Waals surface area (Å²) in [4.78, 5) is 10.9. The summed E-state index contributed by atoms with van der Waals surface area (Å²) in [5, 5.41) is 7.28. The molecule has 0 unspecified atom stereocenters. The fraction of sp³-hybridized carbons (Fsp3) is 0.714. The number of nitrogens with zero attached hydrogens (tertiary/aromatic N) is 3. The van der Waals surface area contributed by atoms with Crippen LogP contribution in [0.3, 0.4) is 0 Å². The summed E-state index contributed by atoms with van der Waals surface area (Å²) in [6, 6.07) is 0. The average Bonchev–Trinajstić information content (AvgIpc) is 2.24. The van der Waals surface area contributed by atoms with E-state index in [9.17, 15) is 0 Å². The van der Waals surface area contributed by atoms with E-state index in [1.54, 1.807) is 0 Å². The Morgan fingerprint density at radius 3 is 1.58 bits per heavy atom. The van der Waals surface area contributed by atoms with Gasteiger partial charge in [-0.05, 0) is 11.8 Å². The van der Waals surface area contributed by atoms with Crippen molar-refractivity contribution < 1.29 is 31.1 Å². The Morgan fingerprint density at radius 1 is 0.917 bits per heavy atom. The Hall–Kier alpha value is -1.27. The predicted octanol–water partition coefficient (Wildman–Crippen LogP) is 2.48. The Labute approximate surface area is 168 Å². The summed E-state index contributed by atoms with van der Waals surface area (Å²) in [6.07, 6.45) is 0.932. The maximum atomic E-state index is 7.28. The zero-order chi connectivity index (χ0) is 18.8. The molecule has 0 bridgehead atoms. The van der Waals surface area contributed by atoms with Crippen molar-refractivity contribution in [1.82, 2.24) is 0 Å². The molecule has 0 aromatic carbocycles. The molecule has 0 saturated carbocycles. The normalized spacial score (nSPS) is 13.5. The summed E-state index contributed by atoms with van der Waals surface area (Å²) in [5.41, 5.74) is 28.9. The maximum Gasteiger partial charge on any atom is 2.00 e. The second-order valence-electron chi connectivity index (χ2n) is 7.14. The minimum absolute atomic E-state index is 0. The quantitative estimate of drug-likeness (QED) is 0.297. The minimum atomic E-state index is -0.314. The van der Waals surface area contributed by atoms with Crippen LogP contribution in [0.4, 0.5) is 0 Å². The van der Waals surface area contributed by atoms with Crippen molar-refractivity contribution in [3.63, 3.8) is 0 Å². The van der Waals surface area contributed by atoms with Crippen LogP contribution in [0.25, 0.3) is 11.5 Å². The van der Waals surface area contributed by atoms with Crippen molar-refractivity contribution in [3.05, 3.63) is 11.5 Å². The van der Waals surface area contributed by atoms with E-state index in [1.165, 1.54) is 0 Å². The molecule has 0 aliphatic rings. The molecule has 0 aromatic rings. The summed E-state index contributed by atoms with van der Waals surface area (Å²) >= 11 is 0. The number of hydrogen-bond donors (Lipinski definition) is 4. The predicted molar refractivity (Wildman–Crippen MR) is 99.6 cm³/mol. The van der Waals surface area contributed by atoms with Gasteiger partial charge >= 0.3 is 31.1 Å². The van der Waals surface area contributed by atoms with E-state index >= 15 is 0 Å². The SMILES string of the molecule is CC(C)(C)C(=N)N=C([NH-])N.CC(C)(C)CCN=C(N)N=C([NH-])N.[U+2]. The van der Waals surface area contributed by atoms with Crippen molar-refractivity contribution in [2.24, 2.45) is 43.0 Å². The van der Waals surface area contributed by atoms with E-state index in [0.717, 1.165) is 6.42 Å². The molecule has 9 N–H and O–H groups in total. The van der Waals surface area contributed by atoms with Gasteiger partial charge in [-0.2, -0.15) is 0 Å². The average molecular weight is 563 g/mol. The third-order valence-electron chi connectivity index (χ3n) is 2.31. The van der Waals surface area contributed by atoms with Crippen molar-refractivity contribution >= 4 is 23.7 Å². The van der Waals surface area contributed by atoms with Gasteiger partial charge in [-0.25, -0.2) is 0 Å². The van der Waals surface area contributed by atoms with Gasteiger partial charge in [-0.15, -0.1) is 0 Å². The van der Waals surface area contributed by atoms with Crippen LogP contribution in [-0.4, -0.2) is 30.3 Å². The molecule has 0 aliphatic heterocycles. The number of nitrogens with one attached hydrogen (secondary N) is 3. The van der Waals surface area contributed by atoms with E-state index in [-0.39, 0.29) is 65.7 Å². The molecule has 0 rings (SSSR count). The van der Waals surface area contributed by atoms with Crippen molar-refractivity contribution in [2.45, 2.75) is 48.0 Å². The third-order valence-corrected chi connectivity index (χ3v) is 2.31. The number of rotatable bonds is 2. The van der Waals surface area contributed by atoms with Gasteiger partial charge in [-0.1, -0.05) is 41.5 Å². The summed E-state index contributed by atoms with van der Waals surface area (Å²) in [5.74, 6) is -0.395.